The third-order valence-corrected chi connectivity index (χ3v) is 3.88. The van der Waals surface area contributed by atoms with E-state index in [1.165, 1.54) is 16.7 Å². The average Bonchev–Trinajstić information content (AvgIpc) is 2.51. The van der Waals surface area contributed by atoms with Crippen LogP contribution in [0, 0.1) is 20.8 Å². The minimum atomic E-state index is 0.0679. The van der Waals surface area contributed by atoms with Crippen LogP contribution in [0.1, 0.15) is 28.7 Å². The summed E-state index contributed by atoms with van der Waals surface area (Å²) in [5, 5.41) is 6.28. The van der Waals surface area contributed by atoms with E-state index in [4.69, 9.17) is 0 Å². The molecule has 2 aromatic carbocycles. The van der Waals surface area contributed by atoms with Crippen LogP contribution < -0.4 is 10.6 Å². The highest BCUT2D eigenvalue weighted by atomic mass is 16.1. The summed E-state index contributed by atoms with van der Waals surface area (Å²) >= 11 is 0. The maximum atomic E-state index is 11.9. The highest BCUT2D eigenvalue weighted by molar-refractivity contribution is 5.76. The van der Waals surface area contributed by atoms with Crippen LogP contribution in [-0.4, -0.2) is 12.5 Å². The third kappa shape index (κ3) is 4.62. The first kappa shape index (κ1) is 16.1. The first-order valence-electron chi connectivity index (χ1n) is 7.68. The number of rotatable bonds is 6. The van der Waals surface area contributed by atoms with Gasteiger partial charge in [0.05, 0.1) is 0 Å². The monoisotopic (exact) mass is 296 g/mol. The fourth-order valence-corrected chi connectivity index (χ4v) is 2.25. The van der Waals surface area contributed by atoms with E-state index < -0.39 is 0 Å². The maximum Gasteiger partial charge on any atom is 0.222 e. The molecule has 0 saturated carbocycles. The van der Waals surface area contributed by atoms with Crippen LogP contribution in [0.4, 0.5) is 5.69 Å². The third-order valence-electron chi connectivity index (χ3n) is 3.88. The van der Waals surface area contributed by atoms with E-state index in [9.17, 15) is 4.79 Å². The van der Waals surface area contributed by atoms with Gasteiger partial charge in [0.25, 0.3) is 0 Å². The van der Waals surface area contributed by atoms with Crippen molar-refractivity contribution in [2.45, 2.75) is 33.7 Å². The molecule has 1 amide bonds. The predicted molar refractivity (Wildman–Crippen MR) is 92.0 cm³/mol. The maximum absolute atomic E-state index is 11.9. The second-order valence-electron chi connectivity index (χ2n) is 5.69. The van der Waals surface area contributed by atoms with Gasteiger partial charge in [0.1, 0.15) is 0 Å². The smallest absolute Gasteiger partial charge is 0.222 e. The molecule has 0 aliphatic rings. The molecule has 22 heavy (non-hydrogen) atoms. The van der Waals surface area contributed by atoms with Gasteiger partial charge in [-0.05, 0) is 43.5 Å². The number of anilines is 1. The minimum Gasteiger partial charge on any atom is -0.384 e. The van der Waals surface area contributed by atoms with E-state index in [2.05, 4.69) is 49.6 Å². The van der Waals surface area contributed by atoms with E-state index in [0.29, 0.717) is 19.5 Å². The summed E-state index contributed by atoms with van der Waals surface area (Å²) in [5.74, 6) is 0.0679. The topological polar surface area (TPSA) is 41.1 Å². The number of hydrogen-bond acceptors (Lipinski definition) is 2. The van der Waals surface area contributed by atoms with Crippen LogP contribution in [0.3, 0.4) is 0 Å². The van der Waals surface area contributed by atoms with E-state index in [1.807, 2.05) is 24.3 Å². The number of carbonyl (C=O) groups excluding carboxylic acids is 1. The number of benzene rings is 2. The van der Waals surface area contributed by atoms with Gasteiger partial charge in [-0.3, -0.25) is 4.79 Å². The van der Waals surface area contributed by atoms with Crippen molar-refractivity contribution in [3.05, 3.63) is 64.7 Å². The summed E-state index contributed by atoms with van der Waals surface area (Å²) in [6, 6.07) is 14.4. The molecule has 0 saturated heterocycles. The van der Waals surface area contributed by atoms with Gasteiger partial charge >= 0.3 is 0 Å². The Bertz CT molecular complexity index is 632. The van der Waals surface area contributed by atoms with Crippen molar-refractivity contribution in [1.29, 1.82) is 0 Å². The SMILES string of the molecule is Cc1ccc(CNC(=O)CCNc2cccc(C)c2C)cc1. The van der Waals surface area contributed by atoms with Gasteiger partial charge < -0.3 is 10.6 Å². The number of aryl methyl sites for hydroxylation is 2. The quantitative estimate of drug-likeness (QED) is 0.853. The van der Waals surface area contributed by atoms with Gasteiger partial charge in [0, 0.05) is 25.2 Å². The van der Waals surface area contributed by atoms with E-state index in [0.717, 1.165) is 11.3 Å². The summed E-state index contributed by atoms with van der Waals surface area (Å²) in [6.45, 7) is 7.47. The fourth-order valence-electron chi connectivity index (χ4n) is 2.25. The van der Waals surface area contributed by atoms with Crippen LogP contribution in [0.2, 0.25) is 0 Å². The predicted octanol–water partition coefficient (Wildman–Crippen LogP) is 3.73. The van der Waals surface area contributed by atoms with Crippen LogP contribution in [0.5, 0.6) is 0 Å². The van der Waals surface area contributed by atoms with Gasteiger partial charge in [-0.25, -0.2) is 0 Å². The summed E-state index contributed by atoms with van der Waals surface area (Å²) in [7, 11) is 0. The number of nitrogens with one attached hydrogen (secondary N) is 2. The molecule has 3 heteroatoms. The summed E-state index contributed by atoms with van der Waals surface area (Å²) in [6.07, 6.45) is 0.471. The van der Waals surface area contributed by atoms with Crippen molar-refractivity contribution in [2.24, 2.45) is 0 Å². The fraction of sp³-hybridized carbons (Fsp3) is 0.316. The second kappa shape index (κ2) is 7.64. The lowest BCUT2D eigenvalue weighted by Gasteiger charge is -2.11. The number of carbonyl (C=O) groups is 1. The molecule has 0 bridgehead atoms. The summed E-state index contributed by atoms with van der Waals surface area (Å²) < 4.78 is 0. The molecule has 0 aliphatic carbocycles. The first-order chi connectivity index (χ1) is 10.6. The first-order valence-corrected chi connectivity index (χ1v) is 7.68. The molecule has 116 valence electrons. The second-order valence-corrected chi connectivity index (χ2v) is 5.69. The van der Waals surface area contributed by atoms with Crippen molar-refractivity contribution in [3.8, 4) is 0 Å². The Morgan fingerprint density at radius 2 is 1.73 bits per heavy atom. The zero-order chi connectivity index (χ0) is 15.9. The van der Waals surface area contributed by atoms with Crippen molar-refractivity contribution >= 4 is 11.6 Å². The zero-order valence-electron chi connectivity index (χ0n) is 13.6. The molecule has 2 rings (SSSR count). The molecular weight excluding hydrogens is 272 g/mol. The van der Waals surface area contributed by atoms with E-state index in [1.54, 1.807) is 0 Å². The Hall–Kier alpha value is -2.29. The van der Waals surface area contributed by atoms with Gasteiger partial charge in [-0.2, -0.15) is 0 Å². The molecule has 0 unspecified atom stereocenters. The molecule has 0 heterocycles. The molecule has 0 aliphatic heterocycles. The zero-order valence-corrected chi connectivity index (χ0v) is 13.6. The van der Waals surface area contributed by atoms with Crippen molar-refractivity contribution < 1.29 is 4.79 Å². The summed E-state index contributed by atoms with van der Waals surface area (Å²) in [4.78, 5) is 11.9. The minimum absolute atomic E-state index is 0.0679. The normalized spacial score (nSPS) is 10.3. The number of amides is 1. The standard InChI is InChI=1S/C19H24N2O/c1-14-7-9-17(10-8-14)13-21-19(22)11-12-20-18-6-4-5-15(2)16(18)3/h4-10,20H,11-13H2,1-3H3,(H,21,22). The lowest BCUT2D eigenvalue weighted by Crippen LogP contribution is -2.24. The molecule has 3 nitrogen and oxygen atoms in total. The van der Waals surface area contributed by atoms with Gasteiger partial charge in [-0.15, -0.1) is 0 Å². The molecular formula is C19H24N2O. The van der Waals surface area contributed by atoms with Crippen LogP contribution >= 0.6 is 0 Å². The van der Waals surface area contributed by atoms with Crippen LogP contribution in [-0.2, 0) is 11.3 Å². The molecule has 0 fully saturated rings. The lowest BCUT2D eigenvalue weighted by atomic mass is 10.1. The molecule has 2 N–H and O–H groups in total. The Kier molecular flexibility index (Phi) is 5.59. The van der Waals surface area contributed by atoms with Crippen molar-refractivity contribution in [3.63, 3.8) is 0 Å². The van der Waals surface area contributed by atoms with E-state index in [-0.39, 0.29) is 5.91 Å². The Morgan fingerprint density at radius 3 is 2.45 bits per heavy atom. The molecule has 0 radical (unpaired) electrons. The Morgan fingerprint density at radius 1 is 1.00 bits per heavy atom. The van der Waals surface area contributed by atoms with Gasteiger partial charge in [0.2, 0.25) is 5.91 Å². The number of hydrogen-bond donors (Lipinski definition) is 2. The largest absolute Gasteiger partial charge is 0.384 e. The van der Waals surface area contributed by atoms with Gasteiger partial charge in [0.15, 0.2) is 0 Å². The summed E-state index contributed by atoms with van der Waals surface area (Å²) in [5.41, 5.74) is 5.96. The molecule has 0 aromatic heterocycles. The van der Waals surface area contributed by atoms with E-state index >= 15 is 0 Å². The lowest BCUT2D eigenvalue weighted by molar-refractivity contribution is -0.121. The van der Waals surface area contributed by atoms with Crippen molar-refractivity contribution in [1.82, 2.24) is 5.32 Å². The molecule has 0 spiro atoms. The molecule has 2 aromatic rings. The van der Waals surface area contributed by atoms with Crippen molar-refractivity contribution in [2.75, 3.05) is 11.9 Å². The van der Waals surface area contributed by atoms with Gasteiger partial charge in [-0.1, -0.05) is 42.0 Å². The highest BCUT2D eigenvalue weighted by Crippen LogP contribution is 2.17. The Balaban J connectivity index is 1.74. The Labute approximate surface area is 132 Å². The highest BCUT2D eigenvalue weighted by Gasteiger charge is 2.03. The van der Waals surface area contributed by atoms with Crippen LogP contribution in [0.25, 0.3) is 0 Å². The van der Waals surface area contributed by atoms with Crippen LogP contribution in [0.15, 0.2) is 42.5 Å². The average molecular weight is 296 g/mol. The molecule has 0 atom stereocenters.